The lowest BCUT2D eigenvalue weighted by molar-refractivity contribution is -0.143. The molecule has 1 aliphatic rings. The lowest BCUT2D eigenvalue weighted by atomic mass is 10.0. The van der Waals surface area contributed by atoms with E-state index in [4.69, 9.17) is 9.84 Å². The summed E-state index contributed by atoms with van der Waals surface area (Å²) in [5, 5.41) is 9.13. The lowest BCUT2D eigenvalue weighted by Gasteiger charge is -2.23. The number of aliphatic carboxylic acids is 1. The van der Waals surface area contributed by atoms with Crippen molar-refractivity contribution in [2.45, 2.75) is 45.6 Å². The Morgan fingerprint density at radius 1 is 1.30 bits per heavy atom. The minimum Gasteiger partial charge on any atom is -0.494 e. The summed E-state index contributed by atoms with van der Waals surface area (Å²) in [5.74, 6) is -0.364. The highest BCUT2D eigenvalue weighted by Crippen LogP contribution is 2.25. The van der Waals surface area contributed by atoms with Gasteiger partial charge in [-0.1, -0.05) is 19.1 Å². The van der Waals surface area contributed by atoms with E-state index in [0.29, 0.717) is 32.4 Å². The fraction of sp³-hybridized carbons (Fsp3) is 0.556. The topological polar surface area (TPSA) is 66.8 Å². The van der Waals surface area contributed by atoms with E-state index in [0.717, 1.165) is 17.7 Å². The molecule has 2 unspecified atom stereocenters. The van der Waals surface area contributed by atoms with Gasteiger partial charge in [-0.15, -0.1) is 0 Å². The Kier molecular flexibility index (Phi) is 6.02. The van der Waals surface area contributed by atoms with Crippen LogP contribution in [0.2, 0.25) is 0 Å². The summed E-state index contributed by atoms with van der Waals surface area (Å²) < 4.78 is 5.53. The Balaban J connectivity index is 1.83. The van der Waals surface area contributed by atoms with Crippen LogP contribution in [0.5, 0.6) is 5.75 Å². The molecule has 2 rings (SSSR count). The fourth-order valence-corrected chi connectivity index (χ4v) is 2.99. The van der Waals surface area contributed by atoms with Crippen LogP contribution in [0, 0.1) is 5.92 Å². The zero-order chi connectivity index (χ0) is 16.8. The average molecular weight is 319 g/mol. The predicted molar refractivity (Wildman–Crippen MR) is 87.5 cm³/mol. The SMILES string of the molecule is CCCOc1ccc(CCC(=O)N2CCC(C(=O)O)C2C)cc1. The maximum atomic E-state index is 12.3. The highest BCUT2D eigenvalue weighted by Gasteiger charge is 2.37. The highest BCUT2D eigenvalue weighted by molar-refractivity contribution is 5.79. The molecule has 5 heteroatoms. The summed E-state index contributed by atoms with van der Waals surface area (Å²) >= 11 is 0. The van der Waals surface area contributed by atoms with E-state index in [1.807, 2.05) is 31.2 Å². The van der Waals surface area contributed by atoms with Crippen molar-refractivity contribution >= 4 is 11.9 Å². The van der Waals surface area contributed by atoms with Gasteiger partial charge < -0.3 is 14.7 Å². The molecule has 1 aromatic carbocycles. The molecule has 1 aromatic rings. The fourth-order valence-electron chi connectivity index (χ4n) is 2.99. The molecule has 126 valence electrons. The second-order valence-corrected chi connectivity index (χ2v) is 6.05. The van der Waals surface area contributed by atoms with E-state index in [1.54, 1.807) is 4.90 Å². The molecule has 0 aliphatic carbocycles. The summed E-state index contributed by atoms with van der Waals surface area (Å²) in [6.45, 7) is 5.13. The third kappa shape index (κ3) is 4.47. The van der Waals surface area contributed by atoms with Crippen LogP contribution in [0.4, 0.5) is 0 Å². The van der Waals surface area contributed by atoms with Crippen LogP contribution in [0.15, 0.2) is 24.3 Å². The van der Waals surface area contributed by atoms with E-state index in [9.17, 15) is 9.59 Å². The number of ether oxygens (including phenoxy) is 1. The van der Waals surface area contributed by atoms with Crippen molar-refractivity contribution in [3.63, 3.8) is 0 Å². The number of likely N-dealkylation sites (tertiary alicyclic amines) is 1. The molecule has 1 aliphatic heterocycles. The Bertz CT molecular complexity index is 540. The van der Waals surface area contributed by atoms with E-state index in [2.05, 4.69) is 6.92 Å². The molecule has 0 bridgehead atoms. The second-order valence-electron chi connectivity index (χ2n) is 6.05. The van der Waals surface area contributed by atoms with Crippen LogP contribution >= 0.6 is 0 Å². The number of hydrogen-bond donors (Lipinski definition) is 1. The quantitative estimate of drug-likeness (QED) is 0.839. The zero-order valence-electron chi connectivity index (χ0n) is 13.8. The number of carboxylic acid groups (broad SMARTS) is 1. The maximum absolute atomic E-state index is 12.3. The third-order valence-corrected chi connectivity index (χ3v) is 4.42. The molecule has 5 nitrogen and oxygen atoms in total. The second kappa shape index (κ2) is 7.99. The molecule has 0 saturated carbocycles. The van der Waals surface area contributed by atoms with Gasteiger partial charge in [-0.3, -0.25) is 9.59 Å². The number of amides is 1. The van der Waals surface area contributed by atoms with Crippen molar-refractivity contribution < 1.29 is 19.4 Å². The number of nitrogens with zero attached hydrogens (tertiary/aromatic N) is 1. The van der Waals surface area contributed by atoms with E-state index >= 15 is 0 Å². The van der Waals surface area contributed by atoms with Crippen LogP contribution in [0.3, 0.4) is 0 Å². The molecule has 1 fully saturated rings. The summed E-state index contributed by atoms with van der Waals surface area (Å²) in [4.78, 5) is 25.1. The van der Waals surface area contributed by atoms with Crippen molar-refractivity contribution in [2.75, 3.05) is 13.2 Å². The highest BCUT2D eigenvalue weighted by atomic mass is 16.5. The number of hydrogen-bond acceptors (Lipinski definition) is 3. The van der Waals surface area contributed by atoms with Gasteiger partial charge in [-0.25, -0.2) is 0 Å². The van der Waals surface area contributed by atoms with Gasteiger partial charge in [0.25, 0.3) is 0 Å². The molecule has 1 N–H and O–H groups in total. The van der Waals surface area contributed by atoms with E-state index in [1.165, 1.54) is 0 Å². The minimum atomic E-state index is -0.810. The van der Waals surface area contributed by atoms with Crippen molar-refractivity contribution in [1.29, 1.82) is 0 Å². The molecule has 2 atom stereocenters. The molecule has 0 spiro atoms. The van der Waals surface area contributed by atoms with E-state index in [-0.39, 0.29) is 11.9 Å². The number of benzene rings is 1. The Morgan fingerprint density at radius 2 is 2.00 bits per heavy atom. The molecule has 0 radical (unpaired) electrons. The van der Waals surface area contributed by atoms with Crippen LogP contribution in [-0.2, 0) is 16.0 Å². The molecule has 0 aromatic heterocycles. The molecule has 1 heterocycles. The standard InChI is InChI=1S/C18H25NO4/c1-3-12-23-15-7-4-14(5-8-15)6-9-17(20)19-11-10-16(13(19)2)18(21)22/h4-5,7-8,13,16H,3,6,9-12H2,1-2H3,(H,21,22). The molecular formula is C18H25NO4. The van der Waals surface area contributed by atoms with Crippen LogP contribution in [-0.4, -0.2) is 41.1 Å². The van der Waals surface area contributed by atoms with E-state index < -0.39 is 11.9 Å². The van der Waals surface area contributed by atoms with Crippen molar-refractivity contribution in [3.05, 3.63) is 29.8 Å². The van der Waals surface area contributed by atoms with Gasteiger partial charge in [0.1, 0.15) is 5.75 Å². The van der Waals surface area contributed by atoms with Gasteiger partial charge in [0.2, 0.25) is 5.91 Å². The number of rotatable bonds is 7. The van der Waals surface area contributed by atoms with Gasteiger partial charge in [0, 0.05) is 19.0 Å². The normalized spacial score (nSPS) is 20.5. The smallest absolute Gasteiger partial charge is 0.308 e. The summed E-state index contributed by atoms with van der Waals surface area (Å²) in [6, 6.07) is 7.59. The monoisotopic (exact) mass is 319 g/mol. The first kappa shape index (κ1) is 17.3. The van der Waals surface area contributed by atoms with Crippen LogP contribution in [0.1, 0.15) is 38.7 Å². The summed E-state index contributed by atoms with van der Waals surface area (Å²) in [5.41, 5.74) is 1.09. The van der Waals surface area contributed by atoms with Crippen molar-refractivity contribution in [3.8, 4) is 5.75 Å². The largest absolute Gasteiger partial charge is 0.494 e. The number of carboxylic acids is 1. The van der Waals surface area contributed by atoms with Crippen molar-refractivity contribution in [2.24, 2.45) is 5.92 Å². The minimum absolute atomic E-state index is 0.0348. The van der Waals surface area contributed by atoms with Gasteiger partial charge >= 0.3 is 5.97 Å². The molecule has 1 amide bonds. The van der Waals surface area contributed by atoms with Gasteiger partial charge in [-0.05, 0) is 43.9 Å². The lowest BCUT2D eigenvalue weighted by Crippen LogP contribution is -2.37. The van der Waals surface area contributed by atoms with Crippen LogP contribution < -0.4 is 4.74 Å². The third-order valence-electron chi connectivity index (χ3n) is 4.42. The first-order chi connectivity index (χ1) is 11.0. The first-order valence-electron chi connectivity index (χ1n) is 8.27. The molecular weight excluding hydrogens is 294 g/mol. The molecule has 23 heavy (non-hydrogen) atoms. The molecule has 1 saturated heterocycles. The Labute approximate surface area is 137 Å². The van der Waals surface area contributed by atoms with Gasteiger partial charge in [-0.2, -0.15) is 0 Å². The summed E-state index contributed by atoms with van der Waals surface area (Å²) in [6.07, 6.45) is 2.59. The Morgan fingerprint density at radius 3 is 2.57 bits per heavy atom. The average Bonchev–Trinajstić information content (AvgIpc) is 2.93. The summed E-state index contributed by atoms with van der Waals surface area (Å²) in [7, 11) is 0. The van der Waals surface area contributed by atoms with Gasteiger partial charge in [0.15, 0.2) is 0 Å². The Hall–Kier alpha value is -2.04. The first-order valence-corrected chi connectivity index (χ1v) is 8.27. The zero-order valence-corrected chi connectivity index (χ0v) is 13.8. The number of carbonyl (C=O) groups excluding carboxylic acids is 1. The maximum Gasteiger partial charge on any atom is 0.308 e. The van der Waals surface area contributed by atoms with Crippen LogP contribution in [0.25, 0.3) is 0 Å². The predicted octanol–water partition coefficient (Wildman–Crippen LogP) is 2.73. The van der Waals surface area contributed by atoms with Crippen molar-refractivity contribution in [1.82, 2.24) is 4.90 Å². The number of carbonyl (C=O) groups is 2. The van der Waals surface area contributed by atoms with Gasteiger partial charge in [0.05, 0.1) is 12.5 Å². The number of aryl methyl sites for hydroxylation is 1.